The minimum atomic E-state index is -0.548. The van der Waals surface area contributed by atoms with E-state index < -0.39 is 11.8 Å². The Morgan fingerprint density at radius 3 is 2.57 bits per heavy atom. The first-order valence-electron chi connectivity index (χ1n) is 11.0. The maximum Gasteiger partial charge on any atom is 0.323 e. The highest BCUT2D eigenvalue weighted by atomic mass is 19.1. The minimum absolute atomic E-state index is 0.113. The number of fused-ring (bicyclic) bond motifs is 1. The van der Waals surface area contributed by atoms with Crippen LogP contribution in [0.3, 0.4) is 0 Å². The van der Waals surface area contributed by atoms with Gasteiger partial charge in [0.15, 0.2) is 0 Å². The normalized spacial score (nSPS) is 13.3. The number of H-pyrrole nitrogens is 1. The van der Waals surface area contributed by atoms with Gasteiger partial charge in [-0.3, -0.25) is 4.79 Å². The van der Waals surface area contributed by atoms with Gasteiger partial charge in [0.2, 0.25) is 0 Å². The van der Waals surface area contributed by atoms with Crippen molar-refractivity contribution >= 4 is 52.0 Å². The lowest BCUT2D eigenvalue weighted by Crippen LogP contribution is -2.20. The summed E-state index contributed by atoms with van der Waals surface area (Å²) in [7, 11) is 0. The Hall–Kier alpha value is -4.85. The number of hydrogen-bond donors (Lipinski definition) is 5. The maximum absolute atomic E-state index is 13.9. The van der Waals surface area contributed by atoms with Crippen LogP contribution < -0.4 is 21.3 Å². The molecule has 3 aromatic carbocycles. The highest BCUT2D eigenvalue weighted by Gasteiger charge is 2.24. The van der Waals surface area contributed by atoms with E-state index >= 15 is 0 Å². The fraction of sp³-hybridized carbons (Fsp3) is 0.0370. The van der Waals surface area contributed by atoms with E-state index in [2.05, 4.69) is 26.3 Å². The molecule has 7 nitrogen and oxygen atoms in total. The van der Waals surface area contributed by atoms with Crippen molar-refractivity contribution in [2.75, 3.05) is 21.3 Å². The minimum Gasteiger partial charge on any atom is -0.362 e. The first-order chi connectivity index (χ1) is 16.9. The predicted molar refractivity (Wildman–Crippen MR) is 137 cm³/mol. The molecule has 1 aliphatic rings. The monoisotopic (exact) mass is 467 g/mol. The molecular weight excluding hydrogens is 445 g/mol. The summed E-state index contributed by atoms with van der Waals surface area (Å²) in [6, 6.07) is 20.5. The van der Waals surface area contributed by atoms with Crippen molar-refractivity contribution < 1.29 is 14.0 Å². The fourth-order valence-corrected chi connectivity index (χ4v) is 3.87. The van der Waals surface area contributed by atoms with Crippen LogP contribution in [0.2, 0.25) is 0 Å². The molecule has 0 unspecified atom stereocenters. The van der Waals surface area contributed by atoms with E-state index in [1.165, 1.54) is 6.07 Å². The van der Waals surface area contributed by atoms with Gasteiger partial charge >= 0.3 is 6.03 Å². The molecule has 0 atom stereocenters. The zero-order valence-electron chi connectivity index (χ0n) is 18.8. The van der Waals surface area contributed by atoms with Gasteiger partial charge in [-0.05, 0) is 73.2 Å². The second-order valence-corrected chi connectivity index (χ2v) is 8.17. The van der Waals surface area contributed by atoms with Crippen molar-refractivity contribution in [3.63, 3.8) is 0 Å². The summed E-state index contributed by atoms with van der Waals surface area (Å²) in [5.74, 6) is -0.662. The van der Waals surface area contributed by atoms with E-state index in [0.717, 1.165) is 28.2 Å². The van der Waals surface area contributed by atoms with Crippen LogP contribution in [0.1, 0.15) is 16.8 Å². The average Bonchev–Trinajstić information content (AvgIpc) is 3.44. The van der Waals surface area contributed by atoms with E-state index in [4.69, 9.17) is 0 Å². The summed E-state index contributed by atoms with van der Waals surface area (Å²) < 4.78 is 13.9. The van der Waals surface area contributed by atoms with Crippen molar-refractivity contribution in [1.82, 2.24) is 4.98 Å². The second kappa shape index (κ2) is 9.18. The number of aromatic amines is 1. The number of rotatable bonds is 5. The Balaban J connectivity index is 1.29. The number of aromatic nitrogens is 1. The van der Waals surface area contributed by atoms with Gasteiger partial charge < -0.3 is 26.3 Å². The van der Waals surface area contributed by atoms with Gasteiger partial charge in [-0.15, -0.1) is 0 Å². The molecule has 8 heteroatoms. The van der Waals surface area contributed by atoms with Crippen LogP contribution in [-0.2, 0) is 4.79 Å². The zero-order valence-corrected chi connectivity index (χ0v) is 18.8. The zero-order chi connectivity index (χ0) is 24.4. The number of hydrogen-bond acceptors (Lipinski definition) is 3. The van der Waals surface area contributed by atoms with E-state index in [-0.39, 0.29) is 11.6 Å². The Morgan fingerprint density at radius 1 is 0.914 bits per heavy atom. The van der Waals surface area contributed by atoms with Crippen LogP contribution in [0.4, 0.5) is 37.6 Å². The van der Waals surface area contributed by atoms with Gasteiger partial charge in [0.1, 0.15) is 5.82 Å². The van der Waals surface area contributed by atoms with E-state index in [0.29, 0.717) is 16.9 Å². The van der Waals surface area contributed by atoms with Crippen molar-refractivity contribution in [3.8, 4) is 0 Å². The standard InChI is InChI=1S/C27H22FN5O2/c1-16-7-10-23(28)25(12-16)33-27(35)31-19-5-2-4-18(13-19)30-20-8-9-21-22(14-17-6-3-11-29-17)26(34)32-24(21)15-20/h2-15,29-30H,1H3,(H,32,34)(H2,31,33,35)/b22-14-. The largest absolute Gasteiger partial charge is 0.362 e. The Morgan fingerprint density at radius 2 is 1.74 bits per heavy atom. The van der Waals surface area contributed by atoms with Crippen molar-refractivity contribution in [2.45, 2.75) is 6.92 Å². The number of nitrogens with one attached hydrogen (secondary N) is 5. The van der Waals surface area contributed by atoms with Crippen LogP contribution in [-0.4, -0.2) is 16.9 Å². The highest BCUT2D eigenvalue weighted by Crippen LogP contribution is 2.35. The number of halogens is 1. The molecule has 1 aromatic heterocycles. The predicted octanol–water partition coefficient (Wildman–Crippen LogP) is 6.34. The van der Waals surface area contributed by atoms with Crippen LogP contribution in [0.5, 0.6) is 0 Å². The molecule has 35 heavy (non-hydrogen) atoms. The summed E-state index contributed by atoms with van der Waals surface area (Å²) >= 11 is 0. The van der Waals surface area contributed by atoms with E-state index in [1.54, 1.807) is 36.5 Å². The lowest BCUT2D eigenvalue weighted by Gasteiger charge is -2.12. The molecule has 2 heterocycles. The van der Waals surface area contributed by atoms with Gasteiger partial charge in [-0.2, -0.15) is 0 Å². The number of amides is 3. The smallest absolute Gasteiger partial charge is 0.323 e. The number of carbonyl (C=O) groups excluding carboxylic acids is 2. The first kappa shape index (κ1) is 22.0. The van der Waals surface area contributed by atoms with Crippen LogP contribution >= 0.6 is 0 Å². The third-order valence-corrected chi connectivity index (χ3v) is 5.50. The number of urea groups is 1. The number of carbonyl (C=O) groups is 2. The van der Waals surface area contributed by atoms with Gasteiger partial charge in [0.05, 0.1) is 16.9 Å². The molecule has 0 radical (unpaired) electrons. The topological polar surface area (TPSA) is 98.0 Å². The first-order valence-corrected chi connectivity index (χ1v) is 11.0. The molecule has 0 spiro atoms. The summed E-state index contributed by atoms with van der Waals surface area (Å²) in [5.41, 5.74) is 5.97. The van der Waals surface area contributed by atoms with E-state index in [9.17, 15) is 14.0 Å². The second-order valence-electron chi connectivity index (χ2n) is 8.17. The summed E-state index contributed by atoms with van der Waals surface area (Å²) in [4.78, 5) is 27.9. The van der Waals surface area contributed by atoms with Gasteiger partial charge in [-0.1, -0.05) is 18.2 Å². The molecule has 5 N–H and O–H groups in total. The van der Waals surface area contributed by atoms with Crippen LogP contribution in [0.15, 0.2) is 79.0 Å². The van der Waals surface area contributed by atoms with Crippen molar-refractivity contribution in [2.24, 2.45) is 0 Å². The fourth-order valence-electron chi connectivity index (χ4n) is 3.87. The quantitative estimate of drug-likeness (QED) is 0.221. The lowest BCUT2D eigenvalue weighted by molar-refractivity contribution is -0.110. The van der Waals surface area contributed by atoms with E-state index in [1.807, 2.05) is 49.4 Å². The Kier molecular flexibility index (Phi) is 5.76. The van der Waals surface area contributed by atoms with Gasteiger partial charge in [0, 0.05) is 34.5 Å². The molecule has 174 valence electrons. The average molecular weight is 468 g/mol. The van der Waals surface area contributed by atoms with Crippen LogP contribution in [0.25, 0.3) is 11.6 Å². The SMILES string of the molecule is Cc1ccc(F)c(NC(=O)Nc2cccc(Nc3ccc4c(c3)NC(=O)/C4=C\c3ccc[nH]3)c2)c1. The van der Waals surface area contributed by atoms with Gasteiger partial charge in [0.25, 0.3) is 5.91 Å². The molecule has 3 amide bonds. The summed E-state index contributed by atoms with van der Waals surface area (Å²) in [6.07, 6.45) is 3.62. The molecule has 0 saturated heterocycles. The number of anilines is 5. The van der Waals surface area contributed by atoms with Crippen LogP contribution in [0, 0.1) is 12.7 Å². The molecule has 5 rings (SSSR count). The van der Waals surface area contributed by atoms with Crippen molar-refractivity contribution in [1.29, 1.82) is 0 Å². The van der Waals surface area contributed by atoms with Crippen molar-refractivity contribution in [3.05, 3.63) is 102 Å². The molecule has 0 fully saturated rings. The number of benzene rings is 3. The molecule has 0 saturated carbocycles. The molecule has 0 bridgehead atoms. The highest BCUT2D eigenvalue weighted by molar-refractivity contribution is 6.35. The lowest BCUT2D eigenvalue weighted by atomic mass is 10.1. The third kappa shape index (κ3) is 4.91. The molecule has 1 aliphatic heterocycles. The molecule has 0 aliphatic carbocycles. The Bertz CT molecular complexity index is 1460. The Labute approximate surface area is 201 Å². The molecular formula is C27H22FN5O2. The number of aryl methyl sites for hydroxylation is 1. The molecule has 4 aromatic rings. The summed E-state index contributed by atoms with van der Waals surface area (Å²) in [5, 5.41) is 11.4. The maximum atomic E-state index is 13.9. The third-order valence-electron chi connectivity index (χ3n) is 5.50. The summed E-state index contributed by atoms with van der Waals surface area (Å²) in [6.45, 7) is 1.82. The van der Waals surface area contributed by atoms with Gasteiger partial charge in [-0.25, -0.2) is 9.18 Å².